The van der Waals surface area contributed by atoms with Crippen molar-refractivity contribution >= 4 is 11.6 Å². The number of aromatic hydroxyl groups is 1. The summed E-state index contributed by atoms with van der Waals surface area (Å²) in [7, 11) is 1.59. The molecule has 6 nitrogen and oxygen atoms in total. The number of phenolic OH excluding ortho intramolecular Hbond substituents is 1. The van der Waals surface area contributed by atoms with Gasteiger partial charge in [-0.05, 0) is 54.8 Å². The molecule has 0 aliphatic carbocycles. The van der Waals surface area contributed by atoms with Crippen molar-refractivity contribution in [1.29, 1.82) is 0 Å². The van der Waals surface area contributed by atoms with Gasteiger partial charge in [0.05, 0.1) is 13.7 Å². The molecule has 1 aliphatic heterocycles. The number of nitrogens with zero attached hydrogens (tertiary/aromatic N) is 2. The van der Waals surface area contributed by atoms with Crippen molar-refractivity contribution in [1.82, 2.24) is 4.90 Å². The van der Waals surface area contributed by atoms with E-state index in [-0.39, 0.29) is 11.7 Å². The van der Waals surface area contributed by atoms with Crippen LogP contribution in [-0.2, 0) is 0 Å². The molecule has 1 fully saturated rings. The van der Waals surface area contributed by atoms with Crippen LogP contribution in [0.25, 0.3) is 0 Å². The Hall–Kier alpha value is -2.89. The summed E-state index contributed by atoms with van der Waals surface area (Å²) < 4.78 is 11.3. The average Bonchev–Trinajstić information content (AvgIpc) is 2.74. The molecule has 2 aromatic carbocycles. The van der Waals surface area contributed by atoms with E-state index in [1.54, 1.807) is 25.3 Å². The number of carbonyl (C=O) groups is 1. The summed E-state index contributed by atoms with van der Waals surface area (Å²) in [6.07, 6.45) is 0.967. The highest BCUT2D eigenvalue weighted by Gasteiger charge is 2.23. The fourth-order valence-electron chi connectivity index (χ4n) is 3.34. The van der Waals surface area contributed by atoms with Gasteiger partial charge in [-0.25, -0.2) is 0 Å². The third-order valence-corrected chi connectivity index (χ3v) is 5.15. The van der Waals surface area contributed by atoms with E-state index < -0.39 is 0 Å². The van der Waals surface area contributed by atoms with Gasteiger partial charge in [0, 0.05) is 37.4 Å². The Bertz CT molecular complexity index is 812. The summed E-state index contributed by atoms with van der Waals surface area (Å²) in [6.45, 7) is 7.74. The minimum absolute atomic E-state index is 0.00221. The normalized spacial score (nSPS) is 14.2. The molecule has 0 unspecified atom stereocenters. The van der Waals surface area contributed by atoms with E-state index in [4.69, 9.17) is 9.47 Å². The summed E-state index contributed by atoms with van der Waals surface area (Å²) >= 11 is 0. The van der Waals surface area contributed by atoms with E-state index in [0.717, 1.165) is 25.2 Å². The SMILES string of the molecule is COc1cc(C(=O)N2CCN(c3ccc(O)cc3)CC2)ccc1OCCC(C)C. The number of carbonyl (C=O) groups excluding carboxylic acids is 1. The standard InChI is InChI=1S/C23H30N2O4/c1-17(2)10-15-29-21-9-4-18(16-22(21)28-3)23(27)25-13-11-24(12-14-25)19-5-7-20(26)8-6-19/h4-9,16-17,26H,10-15H2,1-3H3. The van der Waals surface area contributed by atoms with Crippen LogP contribution >= 0.6 is 0 Å². The second kappa shape index (κ2) is 9.54. The largest absolute Gasteiger partial charge is 0.508 e. The maximum absolute atomic E-state index is 12.9. The molecular formula is C23H30N2O4. The lowest BCUT2D eigenvalue weighted by atomic mass is 10.1. The Balaban J connectivity index is 1.61. The number of anilines is 1. The Morgan fingerprint density at radius 1 is 1.03 bits per heavy atom. The Morgan fingerprint density at radius 3 is 2.34 bits per heavy atom. The van der Waals surface area contributed by atoms with Crippen LogP contribution in [0.5, 0.6) is 17.2 Å². The zero-order chi connectivity index (χ0) is 20.8. The van der Waals surface area contributed by atoms with Gasteiger partial charge in [-0.3, -0.25) is 4.79 Å². The topological polar surface area (TPSA) is 62.2 Å². The van der Waals surface area contributed by atoms with Crippen LogP contribution < -0.4 is 14.4 Å². The zero-order valence-electron chi connectivity index (χ0n) is 17.4. The molecule has 1 heterocycles. The first-order chi connectivity index (χ1) is 14.0. The number of piperazine rings is 1. The number of hydrogen-bond acceptors (Lipinski definition) is 5. The molecule has 0 saturated carbocycles. The van der Waals surface area contributed by atoms with E-state index >= 15 is 0 Å². The maximum atomic E-state index is 12.9. The monoisotopic (exact) mass is 398 g/mol. The summed E-state index contributed by atoms with van der Waals surface area (Å²) in [5.74, 6) is 2.09. The van der Waals surface area contributed by atoms with Crippen LogP contribution in [0.2, 0.25) is 0 Å². The van der Waals surface area contributed by atoms with E-state index in [2.05, 4.69) is 18.7 Å². The van der Waals surface area contributed by atoms with Crippen LogP contribution in [0.3, 0.4) is 0 Å². The molecule has 0 bridgehead atoms. The van der Waals surface area contributed by atoms with Crippen molar-refractivity contribution in [2.75, 3.05) is 44.8 Å². The number of amides is 1. The van der Waals surface area contributed by atoms with E-state index in [1.807, 2.05) is 29.2 Å². The lowest BCUT2D eigenvalue weighted by Gasteiger charge is -2.36. The van der Waals surface area contributed by atoms with Crippen molar-refractivity contribution in [3.8, 4) is 17.2 Å². The second-order valence-corrected chi connectivity index (χ2v) is 7.69. The second-order valence-electron chi connectivity index (χ2n) is 7.69. The number of ether oxygens (including phenoxy) is 2. The van der Waals surface area contributed by atoms with Crippen molar-refractivity contribution < 1.29 is 19.4 Å². The number of methoxy groups -OCH3 is 1. The smallest absolute Gasteiger partial charge is 0.254 e. The highest BCUT2D eigenvalue weighted by atomic mass is 16.5. The van der Waals surface area contributed by atoms with Gasteiger partial charge < -0.3 is 24.4 Å². The lowest BCUT2D eigenvalue weighted by molar-refractivity contribution is 0.0746. The van der Waals surface area contributed by atoms with Gasteiger partial charge >= 0.3 is 0 Å². The Kier molecular flexibility index (Phi) is 6.86. The van der Waals surface area contributed by atoms with Gasteiger partial charge in [0.15, 0.2) is 11.5 Å². The fourth-order valence-corrected chi connectivity index (χ4v) is 3.34. The van der Waals surface area contributed by atoms with Gasteiger partial charge in [-0.2, -0.15) is 0 Å². The molecule has 0 atom stereocenters. The fraction of sp³-hybridized carbons (Fsp3) is 0.435. The minimum atomic E-state index is 0.00221. The molecule has 1 aliphatic rings. The van der Waals surface area contributed by atoms with Crippen molar-refractivity contribution in [3.05, 3.63) is 48.0 Å². The highest BCUT2D eigenvalue weighted by molar-refractivity contribution is 5.95. The van der Waals surface area contributed by atoms with Crippen molar-refractivity contribution in [2.24, 2.45) is 5.92 Å². The maximum Gasteiger partial charge on any atom is 0.254 e. The van der Waals surface area contributed by atoms with Gasteiger partial charge in [0.25, 0.3) is 5.91 Å². The quantitative estimate of drug-likeness (QED) is 0.769. The lowest BCUT2D eigenvalue weighted by Crippen LogP contribution is -2.48. The van der Waals surface area contributed by atoms with Gasteiger partial charge in [-0.1, -0.05) is 13.8 Å². The van der Waals surface area contributed by atoms with Gasteiger partial charge in [0.1, 0.15) is 5.75 Å². The first-order valence-electron chi connectivity index (χ1n) is 10.1. The van der Waals surface area contributed by atoms with Crippen LogP contribution in [0.4, 0.5) is 5.69 Å². The summed E-state index contributed by atoms with van der Waals surface area (Å²) in [5.41, 5.74) is 1.66. The highest BCUT2D eigenvalue weighted by Crippen LogP contribution is 2.29. The Labute approximate surface area is 172 Å². The molecule has 0 aromatic heterocycles. The third kappa shape index (κ3) is 5.34. The van der Waals surface area contributed by atoms with Crippen molar-refractivity contribution in [3.63, 3.8) is 0 Å². The van der Waals surface area contributed by atoms with Crippen LogP contribution in [0.15, 0.2) is 42.5 Å². The summed E-state index contributed by atoms with van der Waals surface area (Å²) in [4.78, 5) is 17.0. The zero-order valence-corrected chi connectivity index (χ0v) is 17.4. The number of hydrogen-bond donors (Lipinski definition) is 1. The molecule has 2 aromatic rings. The first kappa shape index (κ1) is 20.8. The predicted octanol–water partition coefficient (Wildman–Crippen LogP) is 3.79. The average molecular weight is 399 g/mol. The molecule has 1 saturated heterocycles. The molecule has 3 rings (SSSR count). The van der Waals surface area contributed by atoms with Crippen LogP contribution in [0, 0.1) is 5.92 Å². The third-order valence-electron chi connectivity index (χ3n) is 5.15. The molecule has 0 radical (unpaired) electrons. The molecular weight excluding hydrogens is 368 g/mol. The van der Waals surface area contributed by atoms with Crippen molar-refractivity contribution in [2.45, 2.75) is 20.3 Å². The van der Waals surface area contributed by atoms with Crippen LogP contribution in [0.1, 0.15) is 30.6 Å². The van der Waals surface area contributed by atoms with E-state index in [9.17, 15) is 9.90 Å². The van der Waals surface area contributed by atoms with E-state index in [0.29, 0.717) is 42.7 Å². The molecule has 1 amide bonds. The van der Waals surface area contributed by atoms with Crippen LogP contribution in [-0.4, -0.2) is 55.8 Å². The van der Waals surface area contributed by atoms with E-state index in [1.165, 1.54) is 0 Å². The Morgan fingerprint density at radius 2 is 1.72 bits per heavy atom. The van der Waals surface area contributed by atoms with Gasteiger partial charge in [-0.15, -0.1) is 0 Å². The summed E-state index contributed by atoms with van der Waals surface area (Å²) in [6, 6.07) is 12.6. The number of benzene rings is 2. The first-order valence-corrected chi connectivity index (χ1v) is 10.1. The molecule has 156 valence electrons. The number of rotatable bonds is 7. The molecule has 0 spiro atoms. The molecule has 6 heteroatoms. The minimum Gasteiger partial charge on any atom is -0.508 e. The molecule has 29 heavy (non-hydrogen) atoms. The van der Waals surface area contributed by atoms with Gasteiger partial charge in [0.2, 0.25) is 0 Å². The molecule has 1 N–H and O–H groups in total. The summed E-state index contributed by atoms with van der Waals surface area (Å²) in [5, 5.41) is 9.44. The predicted molar refractivity (Wildman–Crippen MR) is 114 cm³/mol. The number of phenols is 1.